The Hall–Kier alpha value is -1.88. The maximum absolute atomic E-state index is 11.9. The first kappa shape index (κ1) is 15.5. The lowest BCUT2D eigenvalue weighted by atomic mass is 10.1. The molecule has 4 nitrogen and oxygen atoms in total. The van der Waals surface area contributed by atoms with Crippen molar-refractivity contribution in [1.29, 1.82) is 0 Å². The molecule has 1 aromatic carbocycles. The lowest BCUT2D eigenvalue weighted by Crippen LogP contribution is -2.07. The van der Waals surface area contributed by atoms with Crippen LogP contribution >= 0.6 is 11.3 Å². The average molecular weight is 304 g/mol. The summed E-state index contributed by atoms with van der Waals surface area (Å²) in [4.78, 5) is 17.4. The zero-order valence-corrected chi connectivity index (χ0v) is 13.4. The molecule has 0 fully saturated rings. The number of hydrogen-bond acceptors (Lipinski definition) is 5. The number of anilines is 1. The number of nitrogens with zero attached hydrogens (tertiary/aromatic N) is 1. The molecule has 1 heterocycles. The molecule has 0 aliphatic heterocycles. The number of carbonyl (C=O) groups excluding carboxylic acids is 1. The standard InChI is InChI=1S/C16H20N2O2S/c1-4-20-16(19)12-8-11(5-6-13(12)17)14-9-18-15(21-14)7-10(2)3/h5-6,8-10H,4,7,17H2,1-3H3. The van der Waals surface area contributed by atoms with Crippen LogP contribution in [0.4, 0.5) is 5.69 Å². The second-order valence-corrected chi connectivity index (χ2v) is 6.35. The van der Waals surface area contributed by atoms with E-state index in [0.29, 0.717) is 23.8 Å². The average Bonchev–Trinajstić information content (AvgIpc) is 2.87. The van der Waals surface area contributed by atoms with Gasteiger partial charge in [0.25, 0.3) is 0 Å². The van der Waals surface area contributed by atoms with E-state index in [-0.39, 0.29) is 5.97 Å². The molecule has 5 heteroatoms. The fourth-order valence-corrected chi connectivity index (χ4v) is 3.11. The number of thiazole rings is 1. The number of aromatic nitrogens is 1. The molecule has 0 amide bonds. The zero-order valence-electron chi connectivity index (χ0n) is 12.6. The SMILES string of the molecule is CCOC(=O)c1cc(-c2cnc(CC(C)C)s2)ccc1N. The van der Waals surface area contributed by atoms with Crippen LogP contribution in [-0.4, -0.2) is 17.6 Å². The van der Waals surface area contributed by atoms with E-state index in [9.17, 15) is 4.79 Å². The third kappa shape index (κ3) is 3.82. The van der Waals surface area contributed by atoms with Crippen LogP contribution in [0, 0.1) is 5.92 Å². The maximum atomic E-state index is 11.9. The summed E-state index contributed by atoms with van der Waals surface area (Å²) in [6, 6.07) is 5.42. The first-order chi connectivity index (χ1) is 10.0. The van der Waals surface area contributed by atoms with Gasteiger partial charge in [-0.1, -0.05) is 19.9 Å². The van der Waals surface area contributed by atoms with Crippen molar-refractivity contribution in [1.82, 2.24) is 4.98 Å². The molecule has 21 heavy (non-hydrogen) atoms. The van der Waals surface area contributed by atoms with Gasteiger partial charge in [0.1, 0.15) is 0 Å². The summed E-state index contributed by atoms with van der Waals surface area (Å²) >= 11 is 1.65. The van der Waals surface area contributed by atoms with Crippen LogP contribution in [0.2, 0.25) is 0 Å². The van der Waals surface area contributed by atoms with E-state index in [1.54, 1.807) is 30.4 Å². The Morgan fingerprint density at radius 2 is 2.19 bits per heavy atom. The minimum absolute atomic E-state index is 0.335. The number of benzene rings is 1. The van der Waals surface area contributed by atoms with Gasteiger partial charge < -0.3 is 10.5 Å². The summed E-state index contributed by atoms with van der Waals surface area (Å²) in [5.41, 5.74) is 7.65. The van der Waals surface area contributed by atoms with Crippen molar-refractivity contribution in [2.75, 3.05) is 12.3 Å². The maximum Gasteiger partial charge on any atom is 0.340 e. The van der Waals surface area contributed by atoms with Gasteiger partial charge in [-0.05, 0) is 30.5 Å². The Labute approximate surface area is 129 Å². The number of ether oxygens (including phenoxy) is 1. The Balaban J connectivity index is 2.30. The van der Waals surface area contributed by atoms with Gasteiger partial charge in [-0.15, -0.1) is 11.3 Å². The fourth-order valence-electron chi connectivity index (χ4n) is 1.98. The van der Waals surface area contributed by atoms with Crippen molar-refractivity contribution in [3.05, 3.63) is 35.0 Å². The highest BCUT2D eigenvalue weighted by Gasteiger charge is 2.13. The number of esters is 1. The first-order valence-electron chi connectivity index (χ1n) is 7.03. The molecule has 0 atom stereocenters. The van der Waals surface area contributed by atoms with E-state index < -0.39 is 0 Å². The van der Waals surface area contributed by atoms with Gasteiger partial charge in [-0.2, -0.15) is 0 Å². The normalized spacial score (nSPS) is 10.9. The molecule has 0 aliphatic carbocycles. The molecule has 2 aromatic rings. The minimum Gasteiger partial charge on any atom is -0.462 e. The monoisotopic (exact) mass is 304 g/mol. The van der Waals surface area contributed by atoms with E-state index in [2.05, 4.69) is 18.8 Å². The van der Waals surface area contributed by atoms with Crippen LogP contribution in [-0.2, 0) is 11.2 Å². The highest BCUT2D eigenvalue weighted by atomic mass is 32.1. The van der Waals surface area contributed by atoms with Gasteiger partial charge in [0, 0.05) is 18.3 Å². The van der Waals surface area contributed by atoms with Gasteiger partial charge >= 0.3 is 5.97 Å². The van der Waals surface area contributed by atoms with E-state index in [0.717, 1.165) is 21.9 Å². The molecule has 0 saturated carbocycles. The summed E-state index contributed by atoms with van der Waals surface area (Å²) in [5.74, 6) is 0.189. The Morgan fingerprint density at radius 3 is 2.86 bits per heavy atom. The quantitative estimate of drug-likeness (QED) is 0.674. The van der Waals surface area contributed by atoms with Crippen LogP contribution in [0.1, 0.15) is 36.1 Å². The van der Waals surface area contributed by atoms with Gasteiger partial charge in [-0.25, -0.2) is 9.78 Å². The third-order valence-corrected chi connectivity index (χ3v) is 4.04. The van der Waals surface area contributed by atoms with Crippen molar-refractivity contribution in [2.45, 2.75) is 27.2 Å². The van der Waals surface area contributed by atoms with Gasteiger partial charge in [-0.3, -0.25) is 0 Å². The molecule has 1 aromatic heterocycles. The Kier molecular flexibility index (Phi) is 4.96. The molecule has 0 saturated heterocycles. The molecule has 2 N–H and O–H groups in total. The number of carbonyl (C=O) groups is 1. The van der Waals surface area contributed by atoms with E-state index in [1.807, 2.05) is 12.3 Å². The lowest BCUT2D eigenvalue weighted by Gasteiger charge is -2.07. The van der Waals surface area contributed by atoms with Crippen LogP contribution in [0.15, 0.2) is 24.4 Å². The second-order valence-electron chi connectivity index (χ2n) is 5.24. The topological polar surface area (TPSA) is 65.2 Å². The summed E-state index contributed by atoms with van der Waals surface area (Å²) < 4.78 is 5.03. The largest absolute Gasteiger partial charge is 0.462 e. The van der Waals surface area contributed by atoms with E-state index in [1.165, 1.54) is 0 Å². The fraction of sp³-hybridized carbons (Fsp3) is 0.375. The predicted molar refractivity (Wildman–Crippen MR) is 86.5 cm³/mol. The molecular weight excluding hydrogens is 284 g/mol. The van der Waals surface area contributed by atoms with Crippen molar-refractivity contribution in [3.63, 3.8) is 0 Å². The number of hydrogen-bond donors (Lipinski definition) is 1. The Bertz CT molecular complexity index is 635. The molecule has 0 spiro atoms. The van der Waals surface area contributed by atoms with Crippen molar-refractivity contribution >= 4 is 23.0 Å². The molecule has 0 unspecified atom stereocenters. The number of rotatable bonds is 5. The smallest absolute Gasteiger partial charge is 0.340 e. The van der Waals surface area contributed by atoms with E-state index >= 15 is 0 Å². The summed E-state index contributed by atoms with van der Waals surface area (Å²) in [7, 11) is 0. The lowest BCUT2D eigenvalue weighted by molar-refractivity contribution is 0.0527. The van der Waals surface area contributed by atoms with Gasteiger partial charge in [0.2, 0.25) is 0 Å². The van der Waals surface area contributed by atoms with Crippen LogP contribution in [0.25, 0.3) is 10.4 Å². The third-order valence-electron chi connectivity index (χ3n) is 2.97. The minimum atomic E-state index is -0.385. The van der Waals surface area contributed by atoms with Crippen LogP contribution in [0.5, 0.6) is 0 Å². The number of nitrogen functional groups attached to an aromatic ring is 1. The molecule has 0 bridgehead atoms. The van der Waals surface area contributed by atoms with Crippen LogP contribution < -0.4 is 5.73 Å². The summed E-state index contributed by atoms with van der Waals surface area (Å²) in [5, 5.41) is 1.11. The number of nitrogens with two attached hydrogens (primary N) is 1. The van der Waals surface area contributed by atoms with Gasteiger partial charge in [0.15, 0.2) is 0 Å². The molecule has 2 rings (SSSR count). The molecule has 0 aliphatic rings. The highest BCUT2D eigenvalue weighted by molar-refractivity contribution is 7.15. The zero-order chi connectivity index (χ0) is 15.4. The van der Waals surface area contributed by atoms with Crippen molar-refractivity contribution < 1.29 is 9.53 Å². The van der Waals surface area contributed by atoms with Crippen LogP contribution in [0.3, 0.4) is 0 Å². The molecule has 112 valence electrons. The second kappa shape index (κ2) is 6.72. The van der Waals surface area contributed by atoms with Gasteiger partial charge in [0.05, 0.1) is 22.1 Å². The predicted octanol–water partition coefficient (Wildman–Crippen LogP) is 3.77. The summed E-state index contributed by atoms with van der Waals surface area (Å²) in [6.45, 7) is 6.45. The highest BCUT2D eigenvalue weighted by Crippen LogP contribution is 2.30. The molecule has 0 radical (unpaired) electrons. The first-order valence-corrected chi connectivity index (χ1v) is 7.84. The molecular formula is C16H20N2O2S. The van der Waals surface area contributed by atoms with Crippen molar-refractivity contribution in [2.24, 2.45) is 5.92 Å². The Morgan fingerprint density at radius 1 is 1.43 bits per heavy atom. The van der Waals surface area contributed by atoms with Crippen molar-refractivity contribution in [3.8, 4) is 10.4 Å². The van der Waals surface area contributed by atoms with E-state index in [4.69, 9.17) is 10.5 Å². The summed E-state index contributed by atoms with van der Waals surface area (Å²) in [6.07, 6.45) is 2.81.